The van der Waals surface area contributed by atoms with Gasteiger partial charge in [-0.05, 0) is 18.1 Å². The van der Waals surface area contributed by atoms with Gasteiger partial charge in [0.05, 0.1) is 13.2 Å². The van der Waals surface area contributed by atoms with Crippen molar-refractivity contribution < 1.29 is 9.53 Å². The predicted molar refractivity (Wildman–Crippen MR) is 69.5 cm³/mol. The number of methoxy groups -OCH3 is 1. The summed E-state index contributed by atoms with van der Waals surface area (Å²) in [6.45, 7) is 3.85. The van der Waals surface area contributed by atoms with Crippen LogP contribution in [-0.2, 0) is 11.2 Å². The highest BCUT2D eigenvalue weighted by molar-refractivity contribution is 5.97. The Morgan fingerprint density at radius 2 is 2.24 bits per heavy atom. The fourth-order valence-corrected chi connectivity index (χ4v) is 1.67. The van der Waals surface area contributed by atoms with Gasteiger partial charge in [-0.3, -0.25) is 4.79 Å². The summed E-state index contributed by atoms with van der Waals surface area (Å²) in [5.41, 5.74) is 2.02. The Morgan fingerprint density at radius 3 is 2.94 bits per heavy atom. The molecule has 3 heteroatoms. The maximum absolute atomic E-state index is 11.9. The Labute approximate surface area is 103 Å². The number of rotatable bonds is 8. The largest absolute Gasteiger partial charge is 0.383 e. The van der Waals surface area contributed by atoms with Crippen molar-refractivity contribution in [3.8, 4) is 0 Å². The fourth-order valence-electron chi connectivity index (χ4n) is 1.67. The van der Waals surface area contributed by atoms with Crippen molar-refractivity contribution in [1.29, 1.82) is 0 Å². The van der Waals surface area contributed by atoms with Crippen LogP contribution in [0, 0.1) is 0 Å². The zero-order chi connectivity index (χ0) is 12.5. The number of aryl methyl sites for hydroxylation is 1. The molecule has 1 aromatic carbocycles. The van der Waals surface area contributed by atoms with E-state index >= 15 is 0 Å². The fraction of sp³-hybridized carbons (Fsp3) is 0.500. The minimum atomic E-state index is 0.138. The molecule has 1 aromatic rings. The van der Waals surface area contributed by atoms with E-state index < -0.39 is 0 Å². The van der Waals surface area contributed by atoms with Gasteiger partial charge < -0.3 is 10.1 Å². The Bertz CT molecular complexity index is 350. The highest BCUT2D eigenvalue weighted by atomic mass is 16.5. The van der Waals surface area contributed by atoms with Crippen molar-refractivity contribution in [3.63, 3.8) is 0 Å². The zero-order valence-electron chi connectivity index (χ0n) is 10.7. The van der Waals surface area contributed by atoms with Gasteiger partial charge in [0.25, 0.3) is 0 Å². The first kappa shape index (κ1) is 13.9. The van der Waals surface area contributed by atoms with Crippen LogP contribution < -0.4 is 5.32 Å². The molecule has 0 saturated heterocycles. The van der Waals surface area contributed by atoms with E-state index in [9.17, 15) is 4.79 Å². The van der Waals surface area contributed by atoms with E-state index in [1.54, 1.807) is 7.11 Å². The van der Waals surface area contributed by atoms with Gasteiger partial charge in [-0.25, -0.2) is 0 Å². The van der Waals surface area contributed by atoms with E-state index in [0.29, 0.717) is 19.7 Å². The molecule has 0 atom stereocenters. The molecule has 0 radical (unpaired) electrons. The minimum absolute atomic E-state index is 0.138. The maximum atomic E-state index is 11.9. The van der Waals surface area contributed by atoms with Crippen molar-refractivity contribution in [2.45, 2.75) is 19.8 Å². The summed E-state index contributed by atoms with van der Waals surface area (Å²) in [5.74, 6) is 0.138. The second kappa shape index (κ2) is 7.98. The summed E-state index contributed by atoms with van der Waals surface area (Å²) >= 11 is 0. The Kier molecular flexibility index (Phi) is 6.51. The number of ether oxygens (including phenoxy) is 1. The van der Waals surface area contributed by atoms with Crippen molar-refractivity contribution in [3.05, 3.63) is 35.4 Å². The van der Waals surface area contributed by atoms with Crippen molar-refractivity contribution >= 4 is 5.78 Å². The topological polar surface area (TPSA) is 38.3 Å². The van der Waals surface area contributed by atoms with Crippen molar-refractivity contribution in [1.82, 2.24) is 5.32 Å². The van der Waals surface area contributed by atoms with Crippen LogP contribution in [-0.4, -0.2) is 32.6 Å². The Morgan fingerprint density at radius 1 is 1.41 bits per heavy atom. The monoisotopic (exact) mass is 235 g/mol. The normalized spacial score (nSPS) is 10.5. The molecule has 0 heterocycles. The maximum Gasteiger partial charge on any atom is 0.176 e. The molecule has 0 saturated carbocycles. The van der Waals surface area contributed by atoms with Gasteiger partial charge >= 0.3 is 0 Å². The smallest absolute Gasteiger partial charge is 0.176 e. The van der Waals surface area contributed by atoms with Gasteiger partial charge in [-0.1, -0.05) is 31.5 Å². The molecular weight excluding hydrogens is 214 g/mol. The molecular formula is C14H21NO2. The molecule has 3 nitrogen and oxygen atoms in total. The van der Waals surface area contributed by atoms with Crippen LogP contribution >= 0.6 is 0 Å². The lowest BCUT2D eigenvalue weighted by atomic mass is 10.0. The highest BCUT2D eigenvalue weighted by Crippen LogP contribution is 2.08. The SMILES string of the molecule is CCCc1cccc(C(=O)CNCCOC)c1. The minimum Gasteiger partial charge on any atom is -0.383 e. The molecule has 17 heavy (non-hydrogen) atoms. The first-order chi connectivity index (χ1) is 8.27. The lowest BCUT2D eigenvalue weighted by Gasteiger charge is -2.05. The van der Waals surface area contributed by atoms with E-state index in [-0.39, 0.29) is 5.78 Å². The van der Waals surface area contributed by atoms with Crippen LogP contribution in [0.15, 0.2) is 24.3 Å². The van der Waals surface area contributed by atoms with Gasteiger partial charge in [-0.2, -0.15) is 0 Å². The molecule has 0 amide bonds. The molecule has 0 unspecified atom stereocenters. The third-order valence-corrected chi connectivity index (χ3v) is 2.56. The molecule has 1 rings (SSSR count). The van der Waals surface area contributed by atoms with Crippen LogP contribution in [0.5, 0.6) is 0 Å². The van der Waals surface area contributed by atoms with Crippen molar-refractivity contribution in [2.75, 3.05) is 26.8 Å². The average molecular weight is 235 g/mol. The predicted octanol–water partition coefficient (Wildman–Crippen LogP) is 2.06. The van der Waals surface area contributed by atoms with E-state index in [4.69, 9.17) is 4.74 Å². The number of carbonyl (C=O) groups is 1. The van der Waals surface area contributed by atoms with Crippen LogP contribution in [0.4, 0.5) is 0 Å². The molecule has 0 spiro atoms. The van der Waals surface area contributed by atoms with Gasteiger partial charge in [-0.15, -0.1) is 0 Å². The van der Waals surface area contributed by atoms with Gasteiger partial charge in [0.2, 0.25) is 0 Å². The summed E-state index contributed by atoms with van der Waals surface area (Å²) in [7, 11) is 1.65. The first-order valence-electron chi connectivity index (χ1n) is 6.09. The van der Waals surface area contributed by atoms with E-state index in [2.05, 4.69) is 18.3 Å². The number of carbonyl (C=O) groups excluding carboxylic acids is 1. The number of Topliss-reactive ketones (excluding diaryl/α,β-unsaturated/α-hetero) is 1. The molecule has 94 valence electrons. The molecule has 0 fully saturated rings. The molecule has 0 aliphatic rings. The molecule has 1 N–H and O–H groups in total. The summed E-state index contributed by atoms with van der Waals surface area (Å²) in [5, 5.41) is 3.06. The summed E-state index contributed by atoms with van der Waals surface area (Å²) in [6.07, 6.45) is 2.13. The van der Waals surface area contributed by atoms with Gasteiger partial charge in [0.15, 0.2) is 5.78 Å². The van der Waals surface area contributed by atoms with Gasteiger partial charge in [0, 0.05) is 19.2 Å². The third kappa shape index (κ3) is 5.11. The number of nitrogens with one attached hydrogen (secondary N) is 1. The van der Waals surface area contributed by atoms with Crippen molar-refractivity contribution in [2.24, 2.45) is 0 Å². The summed E-state index contributed by atoms with van der Waals surface area (Å²) in [4.78, 5) is 11.9. The average Bonchev–Trinajstić information content (AvgIpc) is 2.35. The molecule has 0 aliphatic carbocycles. The lowest BCUT2D eigenvalue weighted by Crippen LogP contribution is -2.26. The second-order valence-electron chi connectivity index (χ2n) is 4.04. The van der Waals surface area contributed by atoms with Crippen LogP contribution in [0.2, 0.25) is 0 Å². The second-order valence-corrected chi connectivity index (χ2v) is 4.04. The molecule has 0 aromatic heterocycles. The highest BCUT2D eigenvalue weighted by Gasteiger charge is 2.05. The zero-order valence-corrected chi connectivity index (χ0v) is 10.7. The third-order valence-electron chi connectivity index (χ3n) is 2.56. The van der Waals surface area contributed by atoms with E-state index in [1.807, 2.05) is 18.2 Å². The first-order valence-corrected chi connectivity index (χ1v) is 6.09. The van der Waals surface area contributed by atoms with Crippen LogP contribution in [0.25, 0.3) is 0 Å². The van der Waals surface area contributed by atoms with E-state index in [1.165, 1.54) is 5.56 Å². The Hall–Kier alpha value is -1.19. The van der Waals surface area contributed by atoms with E-state index in [0.717, 1.165) is 18.4 Å². The number of hydrogen-bond acceptors (Lipinski definition) is 3. The summed E-state index contributed by atoms with van der Waals surface area (Å²) < 4.78 is 4.91. The number of hydrogen-bond donors (Lipinski definition) is 1. The lowest BCUT2D eigenvalue weighted by molar-refractivity contribution is 0.0987. The molecule has 0 aliphatic heterocycles. The van der Waals surface area contributed by atoms with Gasteiger partial charge in [0.1, 0.15) is 0 Å². The van der Waals surface area contributed by atoms with Crippen LogP contribution in [0.1, 0.15) is 29.3 Å². The quantitative estimate of drug-likeness (QED) is 0.553. The number of benzene rings is 1. The van der Waals surface area contributed by atoms with Crippen LogP contribution in [0.3, 0.4) is 0 Å². The molecule has 0 bridgehead atoms. The Balaban J connectivity index is 2.47. The standard InChI is InChI=1S/C14H21NO2/c1-3-5-12-6-4-7-13(10-12)14(16)11-15-8-9-17-2/h4,6-7,10,15H,3,5,8-9,11H2,1-2H3. The number of ketones is 1. The summed E-state index contributed by atoms with van der Waals surface area (Å²) in [6, 6.07) is 7.88.